The van der Waals surface area contributed by atoms with E-state index >= 15 is 0 Å². The van der Waals surface area contributed by atoms with E-state index in [1.807, 2.05) is 4.90 Å². The molecule has 2 atom stereocenters. The Morgan fingerprint density at radius 2 is 1.91 bits per heavy atom. The van der Waals surface area contributed by atoms with Gasteiger partial charge in [0.25, 0.3) is 0 Å². The monoisotopic (exact) mass is 319 g/mol. The van der Waals surface area contributed by atoms with Crippen LogP contribution >= 0.6 is 0 Å². The summed E-state index contributed by atoms with van der Waals surface area (Å²) in [5.74, 6) is 2.67. The van der Waals surface area contributed by atoms with Crippen LogP contribution in [0.4, 0.5) is 0 Å². The summed E-state index contributed by atoms with van der Waals surface area (Å²) in [4.78, 5) is 14.7. The van der Waals surface area contributed by atoms with Gasteiger partial charge in [0.15, 0.2) is 5.82 Å². The third-order valence-electron chi connectivity index (χ3n) is 5.32. The summed E-state index contributed by atoms with van der Waals surface area (Å²) < 4.78 is 2.20. The van der Waals surface area contributed by atoms with Crippen molar-refractivity contribution in [2.24, 2.45) is 11.7 Å². The number of nitrogens with zero attached hydrogens (tertiary/aromatic N) is 4. The number of carbonyl (C=O) groups excluding carboxylic acids is 1. The number of carbonyl (C=O) groups is 1. The first-order chi connectivity index (χ1) is 11.0. The van der Waals surface area contributed by atoms with Crippen molar-refractivity contribution in [1.29, 1.82) is 0 Å². The minimum absolute atomic E-state index is 0.0871. The van der Waals surface area contributed by atoms with Crippen molar-refractivity contribution in [3.8, 4) is 0 Å². The molecule has 0 saturated heterocycles. The number of aromatic nitrogens is 3. The minimum atomic E-state index is -0.360. The molecule has 1 aliphatic carbocycles. The molecule has 2 N–H and O–H groups in total. The molecule has 1 amide bonds. The molecule has 0 spiro atoms. The molecule has 2 heterocycles. The highest BCUT2D eigenvalue weighted by atomic mass is 16.2. The maximum Gasteiger partial charge on any atom is 0.240 e. The van der Waals surface area contributed by atoms with Crippen LogP contribution in [-0.4, -0.2) is 38.2 Å². The van der Waals surface area contributed by atoms with E-state index in [0.717, 1.165) is 24.5 Å². The van der Waals surface area contributed by atoms with Crippen molar-refractivity contribution in [2.45, 2.75) is 77.4 Å². The lowest BCUT2D eigenvalue weighted by molar-refractivity contribution is -0.136. The fraction of sp³-hybridized carbons (Fsp3) is 0.824. The van der Waals surface area contributed by atoms with Crippen LogP contribution in [0.5, 0.6) is 0 Å². The van der Waals surface area contributed by atoms with Gasteiger partial charge < -0.3 is 15.2 Å². The molecule has 0 unspecified atom stereocenters. The molecule has 1 fully saturated rings. The summed E-state index contributed by atoms with van der Waals surface area (Å²) >= 11 is 0. The Labute approximate surface area is 138 Å². The van der Waals surface area contributed by atoms with E-state index < -0.39 is 0 Å². The average Bonchev–Trinajstić information content (AvgIpc) is 2.99. The predicted octanol–water partition coefficient (Wildman–Crippen LogP) is 2.21. The summed E-state index contributed by atoms with van der Waals surface area (Å²) in [5.41, 5.74) is 6.31. The molecular formula is C17H29N5O. The lowest BCUT2D eigenvalue weighted by Gasteiger charge is -2.36. The highest BCUT2D eigenvalue weighted by Gasteiger charge is 2.34. The Morgan fingerprint density at radius 3 is 2.57 bits per heavy atom. The maximum atomic E-state index is 12.8. The second-order valence-electron chi connectivity index (χ2n) is 7.49. The van der Waals surface area contributed by atoms with E-state index in [-0.39, 0.29) is 18.0 Å². The third-order valence-corrected chi connectivity index (χ3v) is 5.32. The first-order valence-corrected chi connectivity index (χ1v) is 8.97. The van der Waals surface area contributed by atoms with Crippen LogP contribution in [0, 0.1) is 5.92 Å². The molecule has 6 heteroatoms. The van der Waals surface area contributed by atoms with Gasteiger partial charge in [-0.05, 0) is 25.7 Å². The third kappa shape index (κ3) is 3.13. The van der Waals surface area contributed by atoms with Gasteiger partial charge in [0.05, 0.1) is 18.6 Å². The molecule has 23 heavy (non-hydrogen) atoms. The van der Waals surface area contributed by atoms with Crippen molar-refractivity contribution in [1.82, 2.24) is 19.7 Å². The Morgan fingerprint density at radius 1 is 1.22 bits per heavy atom. The number of hydrogen-bond acceptors (Lipinski definition) is 4. The Hall–Kier alpha value is -1.43. The molecule has 2 aliphatic rings. The largest absolute Gasteiger partial charge is 0.332 e. The van der Waals surface area contributed by atoms with E-state index in [1.54, 1.807) is 0 Å². The molecule has 3 rings (SSSR count). The molecule has 0 radical (unpaired) electrons. The number of nitrogens with two attached hydrogens (primary N) is 1. The second kappa shape index (κ2) is 6.59. The Kier molecular flexibility index (Phi) is 4.71. The zero-order valence-electron chi connectivity index (χ0n) is 14.5. The van der Waals surface area contributed by atoms with Gasteiger partial charge in [-0.1, -0.05) is 33.1 Å². The number of rotatable bonds is 3. The van der Waals surface area contributed by atoms with Crippen molar-refractivity contribution in [3.05, 3.63) is 11.6 Å². The topological polar surface area (TPSA) is 77.0 Å². The van der Waals surface area contributed by atoms with E-state index in [4.69, 9.17) is 5.73 Å². The van der Waals surface area contributed by atoms with Gasteiger partial charge in [0, 0.05) is 12.5 Å². The molecule has 1 aliphatic heterocycles. The van der Waals surface area contributed by atoms with Gasteiger partial charge in [-0.15, -0.1) is 10.2 Å². The van der Waals surface area contributed by atoms with E-state index in [0.29, 0.717) is 24.9 Å². The van der Waals surface area contributed by atoms with Gasteiger partial charge in [-0.3, -0.25) is 4.79 Å². The fourth-order valence-corrected chi connectivity index (χ4v) is 4.03. The first kappa shape index (κ1) is 16.4. The average molecular weight is 319 g/mol. The number of fused-ring (bicyclic) bond motifs is 1. The normalized spacial score (nSPS) is 23.9. The van der Waals surface area contributed by atoms with Gasteiger partial charge in [0.2, 0.25) is 5.91 Å². The van der Waals surface area contributed by atoms with Crippen molar-refractivity contribution >= 4 is 5.91 Å². The van der Waals surface area contributed by atoms with Crippen LogP contribution in [0.3, 0.4) is 0 Å². The molecule has 0 aromatic carbocycles. The van der Waals surface area contributed by atoms with Gasteiger partial charge in [0.1, 0.15) is 5.82 Å². The quantitative estimate of drug-likeness (QED) is 0.926. The van der Waals surface area contributed by atoms with Gasteiger partial charge >= 0.3 is 0 Å². The molecule has 1 saturated carbocycles. The highest BCUT2D eigenvalue weighted by molar-refractivity contribution is 5.82. The standard InChI is InChI=1S/C17H29N5O/c1-11(2)16-20-19-14-10-21(9-12(3)22(14)16)17(23)15(18)13-7-5-4-6-8-13/h11-13,15H,4-10,18H2,1-3H3/t12-,15-/m0/s1. The van der Waals surface area contributed by atoms with Crippen LogP contribution < -0.4 is 5.73 Å². The summed E-state index contributed by atoms with van der Waals surface area (Å²) in [6, 6.07) is -0.157. The number of hydrogen-bond donors (Lipinski definition) is 1. The van der Waals surface area contributed by atoms with Gasteiger partial charge in [-0.25, -0.2) is 0 Å². The van der Waals surface area contributed by atoms with Crippen LogP contribution in [0.2, 0.25) is 0 Å². The van der Waals surface area contributed by atoms with Crippen molar-refractivity contribution in [3.63, 3.8) is 0 Å². The van der Waals surface area contributed by atoms with Crippen LogP contribution in [0.1, 0.15) is 76.5 Å². The predicted molar refractivity (Wildman–Crippen MR) is 88.8 cm³/mol. The minimum Gasteiger partial charge on any atom is -0.332 e. The van der Waals surface area contributed by atoms with Gasteiger partial charge in [-0.2, -0.15) is 0 Å². The fourth-order valence-electron chi connectivity index (χ4n) is 4.03. The first-order valence-electron chi connectivity index (χ1n) is 8.97. The summed E-state index contributed by atoms with van der Waals surface area (Å²) in [5, 5.41) is 8.63. The van der Waals surface area contributed by atoms with Crippen molar-refractivity contribution < 1.29 is 4.79 Å². The van der Waals surface area contributed by atoms with Crippen LogP contribution in [-0.2, 0) is 11.3 Å². The smallest absolute Gasteiger partial charge is 0.240 e. The van der Waals surface area contributed by atoms with Crippen LogP contribution in [0.15, 0.2) is 0 Å². The Bertz CT molecular complexity index is 561. The van der Waals surface area contributed by atoms with Crippen LogP contribution in [0.25, 0.3) is 0 Å². The summed E-state index contributed by atoms with van der Waals surface area (Å²) in [6.07, 6.45) is 5.86. The number of amides is 1. The molecular weight excluding hydrogens is 290 g/mol. The summed E-state index contributed by atoms with van der Waals surface area (Å²) in [6.45, 7) is 7.61. The maximum absolute atomic E-state index is 12.8. The highest BCUT2D eigenvalue weighted by Crippen LogP contribution is 2.29. The molecule has 1 aromatic heterocycles. The van der Waals surface area contributed by atoms with E-state index in [9.17, 15) is 4.79 Å². The summed E-state index contributed by atoms with van der Waals surface area (Å²) in [7, 11) is 0. The van der Waals surface area contributed by atoms with E-state index in [2.05, 4.69) is 35.5 Å². The molecule has 128 valence electrons. The zero-order valence-corrected chi connectivity index (χ0v) is 14.5. The Balaban J connectivity index is 1.73. The lowest BCUT2D eigenvalue weighted by Crippen LogP contribution is -2.51. The molecule has 6 nitrogen and oxygen atoms in total. The van der Waals surface area contributed by atoms with E-state index in [1.165, 1.54) is 19.3 Å². The SMILES string of the molecule is CC(C)c1nnc2n1[C@@H](C)CN(C(=O)[C@@H](N)C1CCCCC1)C2. The molecule has 0 bridgehead atoms. The van der Waals surface area contributed by atoms with Crippen molar-refractivity contribution in [2.75, 3.05) is 6.54 Å². The zero-order chi connectivity index (χ0) is 16.6. The lowest BCUT2D eigenvalue weighted by atomic mass is 9.83. The molecule has 1 aromatic rings. The second-order valence-corrected chi connectivity index (χ2v) is 7.49.